The predicted molar refractivity (Wildman–Crippen MR) is 121 cm³/mol. The minimum Gasteiger partial charge on any atom is -0.478 e. The fourth-order valence-electron chi connectivity index (χ4n) is 2.79. The first-order chi connectivity index (χ1) is 15.6. The van der Waals surface area contributed by atoms with Crippen LogP contribution in [0.1, 0.15) is 20.7 Å². The quantitative estimate of drug-likeness (QED) is 0.298. The molecule has 0 aliphatic heterocycles. The Bertz CT molecular complexity index is 1230. The molecule has 0 bridgehead atoms. The fourth-order valence-corrected chi connectivity index (χ4v) is 2.79. The van der Waals surface area contributed by atoms with E-state index in [1.54, 1.807) is 36.4 Å². The van der Waals surface area contributed by atoms with Crippen molar-refractivity contribution >= 4 is 47.2 Å². The summed E-state index contributed by atoms with van der Waals surface area (Å²) in [5.74, 6) is -0.156. The van der Waals surface area contributed by atoms with Gasteiger partial charge < -0.3 is 21.1 Å². The van der Waals surface area contributed by atoms with Gasteiger partial charge in [0.05, 0.1) is 5.56 Å². The third-order valence-corrected chi connectivity index (χ3v) is 4.36. The number of rotatable bonds is 8. The normalized spacial score (nSPS) is 10.2. The first-order valence-corrected chi connectivity index (χ1v) is 9.60. The van der Waals surface area contributed by atoms with Crippen LogP contribution in [0.4, 0.5) is 34.9 Å². The van der Waals surface area contributed by atoms with E-state index in [1.807, 2.05) is 30.3 Å². The number of carbonyl (C=O) groups excluding carboxylic acids is 1. The van der Waals surface area contributed by atoms with Gasteiger partial charge in [-0.25, -0.2) is 4.79 Å². The molecule has 9 nitrogen and oxygen atoms in total. The third kappa shape index (κ3) is 5.22. The number of carboxylic acid groups (broad SMARTS) is 1. The Morgan fingerprint density at radius 2 is 1.09 bits per heavy atom. The van der Waals surface area contributed by atoms with E-state index in [9.17, 15) is 9.59 Å². The van der Waals surface area contributed by atoms with E-state index < -0.39 is 5.97 Å². The second-order valence-electron chi connectivity index (χ2n) is 6.67. The molecule has 0 amide bonds. The summed E-state index contributed by atoms with van der Waals surface area (Å²) in [7, 11) is 0. The molecule has 4 N–H and O–H groups in total. The molecule has 1 heterocycles. The minimum absolute atomic E-state index is 0.179. The Balaban J connectivity index is 1.62. The van der Waals surface area contributed by atoms with Crippen LogP contribution in [0.15, 0.2) is 78.9 Å². The summed E-state index contributed by atoms with van der Waals surface area (Å²) < 4.78 is 0. The molecule has 32 heavy (non-hydrogen) atoms. The zero-order chi connectivity index (χ0) is 22.3. The summed E-state index contributed by atoms with van der Waals surface area (Å²) in [4.78, 5) is 35.1. The molecule has 0 aliphatic rings. The second-order valence-corrected chi connectivity index (χ2v) is 6.67. The van der Waals surface area contributed by atoms with Gasteiger partial charge in [-0.3, -0.25) is 4.79 Å². The maximum absolute atomic E-state index is 11.1. The van der Waals surface area contributed by atoms with Gasteiger partial charge in [-0.05, 0) is 60.7 Å². The Labute approximate surface area is 183 Å². The molecule has 4 aromatic rings. The first-order valence-electron chi connectivity index (χ1n) is 9.60. The maximum atomic E-state index is 11.1. The molecule has 0 radical (unpaired) electrons. The van der Waals surface area contributed by atoms with Gasteiger partial charge in [0.2, 0.25) is 17.8 Å². The molecule has 0 saturated heterocycles. The van der Waals surface area contributed by atoms with E-state index in [4.69, 9.17) is 5.11 Å². The van der Waals surface area contributed by atoms with Crippen LogP contribution in [0, 0.1) is 0 Å². The SMILES string of the molecule is O=Cc1ccc(Nc2nc(Nc3ccccc3)nc(Nc3ccc(C(=O)O)cc3)n2)cc1. The van der Waals surface area contributed by atoms with E-state index in [2.05, 4.69) is 30.9 Å². The summed E-state index contributed by atoms with van der Waals surface area (Å²) >= 11 is 0. The number of aromatic carboxylic acids is 1. The number of aromatic nitrogens is 3. The Morgan fingerprint density at radius 3 is 1.53 bits per heavy atom. The zero-order valence-electron chi connectivity index (χ0n) is 16.7. The molecule has 3 aromatic carbocycles. The van der Waals surface area contributed by atoms with Crippen molar-refractivity contribution < 1.29 is 14.7 Å². The van der Waals surface area contributed by atoms with Crippen molar-refractivity contribution in [3.63, 3.8) is 0 Å². The Morgan fingerprint density at radius 1 is 0.656 bits per heavy atom. The highest BCUT2D eigenvalue weighted by atomic mass is 16.4. The molecule has 0 atom stereocenters. The molecule has 0 aliphatic carbocycles. The molecule has 1 aromatic heterocycles. The van der Waals surface area contributed by atoms with E-state index in [1.165, 1.54) is 12.1 Å². The van der Waals surface area contributed by atoms with Crippen LogP contribution >= 0.6 is 0 Å². The summed E-state index contributed by atoms with van der Waals surface area (Å²) in [6, 6.07) is 22.5. The van der Waals surface area contributed by atoms with Gasteiger partial charge in [0.25, 0.3) is 0 Å². The lowest BCUT2D eigenvalue weighted by atomic mass is 10.2. The standard InChI is InChI=1S/C23H18N6O3/c30-14-15-6-10-18(11-7-15)25-22-27-21(24-17-4-2-1-3-5-17)28-23(29-22)26-19-12-8-16(9-13-19)20(31)32/h1-14H,(H,31,32)(H3,24,25,26,27,28,29). The van der Waals surface area contributed by atoms with Crippen LogP contribution < -0.4 is 16.0 Å². The number of hydrogen-bond donors (Lipinski definition) is 4. The van der Waals surface area contributed by atoms with E-state index >= 15 is 0 Å². The molecule has 0 fully saturated rings. The van der Waals surface area contributed by atoms with Crippen LogP contribution in [-0.4, -0.2) is 32.3 Å². The van der Waals surface area contributed by atoms with Crippen LogP contribution in [0.3, 0.4) is 0 Å². The number of carboxylic acids is 1. The van der Waals surface area contributed by atoms with Crippen LogP contribution in [-0.2, 0) is 0 Å². The van der Waals surface area contributed by atoms with Crippen molar-refractivity contribution in [2.75, 3.05) is 16.0 Å². The molecule has 0 spiro atoms. The third-order valence-electron chi connectivity index (χ3n) is 4.36. The smallest absolute Gasteiger partial charge is 0.335 e. The largest absolute Gasteiger partial charge is 0.478 e. The maximum Gasteiger partial charge on any atom is 0.335 e. The van der Waals surface area contributed by atoms with E-state index in [-0.39, 0.29) is 17.5 Å². The molecule has 9 heteroatoms. The van der Waals surface area contributed by atoms with Crippen molar-refractivity contribution in [1.29, 1.82) is 0 Å². The van der Waals surface area contributed by atoms with E-state index in [0.717, 1.165) is 12.0 Å². The van der Waals surface area contributed by atoms with Gasteiger partial charge in [-0.15, -0.1) is 0 Å². The van der Waals surface area contributed by atoms with Crippen LogP contribution in [0.2, 0.25) is 0 Å². The molecule has 0 saturated carbocycles. The molecular formula is C23H18N6O3. The number of hydrogen-bond acceptors (Lipinski definition) is 8. The highest BCUT2D eigenvalue weighted by Crippen LogP contribution is 2.21. The summed E-state index contributed by atoms with van der Waals surface area (Å²) in [6.07, 6.45) is 0.770. The van der Waals surface area contributed by atoms with Gasteiger partial charge in [-0.1, -0.05) is 18.2 Å². The number of carbonyl (C=O) groups is 2. The average Bonchev–Trinajstić information content (AvgIpc) is 2.80. The number of anilines is 6. The first kappa shape index (κ1) is 20.5. The van der Waals surface area contributed by atoms with Crippen molar-refractivity contribution in [3.8, 4) is 0 Å². The van der Waals surface area contributed by atoms with Gasteiger partial charge in [0.15, 0.2) is 0 Å². The highest BCUT2D eigenvalue weighted by Gasteiger charge is 2.09. The van der Waals surface area contributed by atoms with Crippen molar-refractivity contribution in [1.82, 2.24) is 15.0 Å². The van der Waals surface area contributed by atoms with Crippen molar-refractivity contribution in [2.45, 2.75) is 0 Å². The Kier molecular flexibility index (Phi) is 5.98. The lowest BCUT2D eigenvalue weighted by Gasteiger charge is -2.12. The lowest BCUT2D eigenvalue weighted by Crippen LogP contribution is -2.07. The molecule has 0 unspecified atom stereocenters. The average molecular weight is 426 g/mol. The molecule has 4 rings (SSSR count). The summed E-state index contributed by atoms with van der Waals surface area (Å²) in [5.41, 5.74) is 2.86. The van der Waals surface area contributed by atoms with Crippen molar-refractivity contribution in [2.24, 2.45) is 0 Å². The Hall–Kier alpha value is -4.79. The number of nitrogens with zero attached hydrogens (tertiary/aromatic N) is 3. The molecule has 158 valence electrons. The van der Waals surface area contributed by atoms with Crippen molar-refractivity contribution in [3.05, 3.63) is 90.0 Å². The van der Waals surface area contributed by atoms with Crippen LogP contribution in [0.25, 0.3) is 0 Å². The fraction of sp³-hybridized carbons (Fsp3) is 0. The van der Waals surface area contributed by atoms with Gasteiger partial charge in [-0.2, -0.15) is 15.0 Å². The summed E-state index contributed by atoms with van der Waals surface area (Å²) in [5, 5.41) is 18.3. The number of para-hydroxylation sites is 1. The highest BCUT2D eigenvalue weighted by molar-refractivity contribution is 5.88. The molecular weight excluding hydrogens is 408 g/mol. The minimum atomic E-state index is -1.00. The monoisotopic (exact) mass is 426 g/mol. The predicted octanol–water partition coefficient (Wildman–Crippen LogP) is 4.61. The van der Waals surface area contributed by atoms with E-state index in [0.29, 0.717) is 22.9 Å². The lowest BCUT2D eigenvalue weighted by molar-refractivity contribution is 0.0696. The number of benzene rings is 3. The zero-order valence-corrected chi connectivity index (χ0v) is 16.7. The van der Waals surface area contributed by atoms with Gasteiger partial charge in [0.1, 0.15) is 6.29 Å². The number of nitrogens with one attached hydrogen (secondary N) is 3. The summed E-state index contributed by atoms with van der Waals surface area (Å²) in [6.45, 7) is 0. The second kappa shape index (κ2) is 9.35. The van der Waals surface area contributed by atoms with Gasteiger partial charge in [0, 0.05) is 22.6 Å². The van der Waals surface area contributed by atoms with Gasteiger partial charge >= 0.3 is 5.97 Å². The number of aldehydes is 1. The topological polar surface area (TPSA) is 129 Å². The van der Waals surface area contributed by atoms with Crippen LogP contribution in [0.5, 0.6) is 0 Å².